The van der Waals surface area contributed by atoms with E-state index < -0.39 is 35.2 Å². The Labute approximate surface area is 270 Å². The van der Waals surface area contributed by atoms with Gasteiger partial charge in [-0.3, -0.25) is 9.59 Å². The zero-order valence-corrected chi connectivity index (χ0v) is 26.5. The van der Waals surface area contributed by atoms with Gasteiger partial charge in [-0.15, -0.1) is 0 Å². The van der Waals surface area contributed by atoms with Gasteiger partial charge >= 0.3 is 5.97 Å². The van der Waals surface area contributed by atoms with Gasteiger partial charge in [-0.1, -0.05) is 58.0 Å². The molecule has 12 nitrogen and oxygen atoms in total. The first-order valence-corrected chi connectivity index (χ1v) is 15.9. The third-order valence-corrected chi connectivity index (χ3v) is 9.88. The average Bonchev–Trinajstić information content (AvgIpc) is 3.83. The quantitative estimate of drug-likeness (QED) is 0.204. The summed E-state index contributed by atoms with van der Waals surface area (Å²) in [5.41, 5.74) is 0.448. The summed E-state index contributed by atoms with van der Waals surface area (Å²) in [6, 6.07) is 12.7. The third kappa shape index (κ3) is 4.64. The predicted octanol–water partition coefficient (Wildman–Crippen LogP) is 5.00. The molecular weight excluding hydrogens is 604 g/mol. The number of carboxylic acid groups (broad SMARTS) is 1. The lowest BCUT2D eigenvalue weighted by atomic mass is 9.72. The Morgan fingerprint density at radius 3 is 2.55 bits per heavy atom. The number of Topliss-reactive ketones (excluding diaryl/α,β-unsaturated/α-hetero) is 1. The van der Waals surface area contributed by atoms with E-state index in [2.05, 4.69) is 15.6 Å². The maximum atomic E-state index is 14.1. The highest BCUT2D eigenvalue weighted by molar-refractivity contribution is 5.92. The van der Waals surface area contributed by atoms with E-state index in [0.29, 0.717) is 11.5 Å². The second-order valence-electron chi connectivity index (χ2n) is 12.9. The predicted molar refractivity (Wildman–Crippen MR) is 168 cm³/mol. The lowest BCUT2D eigenvalue weighted by Crippen LogP contribution is -2.43. The minimum absolute atomic E-state index is 0.0555. The molecule has 4 aromatic rings. The largest absolute Gasteiger partial charge is 0.476 e. The van der Waals surface area contributed by atoms with Gasteiger partial charge in [-0.2, -0.15) is 0 Å². The number of aromatic carboxylic acids is 1. The molecule has 244 valence electrons. The van der Waals surface area contributed by atoms with Gasteiger partial charge in [0, 0.05) is 23.6 Å². The van der Waals surface area contributed by atoms with Crippen molar-refractivity contribution >= 4 is 23.3 Å². The number of hydrogen-bond acceptors (Lipinski definition) is 10. The number of carbonyl (C=O) groups is 3. The van der Waals surface area contributed by atoms with E-state index >= 15 is 0 Å². The van der Waals surface area contributed by atoms with Crippen molar-refractivity contribution in [3.05, 3.63) is 82.8 Å². The first kappa shape index (κ1) is 30.7. The van der Waals surface area contributed by atoms with E-state index in [1.54, 1.807) is 13.8 Å². The summed E-state index contributed by atoms with van der Waals surface area (Å²) in [7, 11) is 0. The van der Waals surface area contributed by atoms with Crippen molar-refractivity contribution in [2.45, 2.75) is 76.7 Å². The van der Waals surface area contributed by atoms with Crippen molar-refractivity contribution in [3.63, 3.8) is 0 Å². The number of aliphatic hydroxyl groups is 1. The minimum Gasteiger partial charge on any atom is -0.476 e. The molecule has 1 spiro atoms. The number of carboxylic acids is 1. The van der Waals surface area contributed by atoms with Gasteiger partial charge in [-0.05, 0) is 48.4 Å². The molecule has 1 amide bonds. The molecule has 0 saturated heterocycles. The first-order valence-electron chi connectivity index (χ1n) is 15.9. The van der Waals surface area contributed by atoms with Crippen LogP contribution in [-0.4, -0.2) is 49.7 Å². The zero-order chi connectivity index (χ0) is 33.2. The van der Waals surface area contributed by atoms with E-state index in [0.717, 1.165) is 28.6 Å². The van der Waals surface area contributed by atoms with Crippen LogP contribution < -0.4 is 15.4 Å². The van der Waals surface area contributed by atoms with Crippen molar-refractivity contribution in [2.75, 3.05) is 5.32 Å². The van der Waals surface area contributed by atoms with Crippen molar-refractivity contribution in [1.82, 2.24) is 15.3 Å². The summed E-state index contributed by atoms with van der Waals surface area (Å²) in [5.74, 6) is -2.01. The number of carbonyl (C=O) groups excluding carboxylic acids is 2. The molecule has 1 unspecified atom stereocenters. The van der Waals surface area contributed by atoms with Crippen LogP contribution in [0.15, 0.2) is 57.6 Å². The van der Waals surface area contributed by atoms with Crippen molar-refractivity contribution in [3.8, 4) is 17.3 Å². The zero-order valence-electron chi connectivity index (χ0n) is 26.5. The van der Waals surface area contributed by atoms with Crippen LogP contribution in [0.3, 0.4) is 0 Å². The van der Waals surface area contributed by atoms with Gasteiger partial charge in [-0.25, -0.2) is 14.8 Å². The second-order valence-corrected chi connectivity index (χ2v) is 12.9. The maximum absolute atomic E-state index is 14.1. The molecule has 7 rings (SSSR count). The number of hydrogen-bond donors (Lipinski definition) is 4. The summed E-state index contributed by atoms with van der Waals surface area (Å²) < 4.78 is 19.0. The molecule has 0 saturated carbocycles. The molecule has 0 fully saturated rings. The number of ether oxygens (including phenoxy) is 1. The van der Waals surface area contributed by atoms with Gasteiger partial charge in [0.2, 0.25) is 17.7 Å². The van der Waals surface area contributed by atoms with Crippen molar-refractivity contribution < 1.29 is 38.2 Å². The van der Waals surface area contributed by atoms with Crippen LogP contribution in [0.4, 0.5) is 5.69 Å². The van der Waals surface area contributed by atoms with Crippen LogP contribution in [0.1, 0.15) is 91.8 Å². The van der Waals surface area contributed by atoms with Crippen molar-refractivity contribution in [1.29, 1.82) is 0 Å². The molecule has 5 heterocycles. The minimum atomic E-state index is -1.53. The van der Waals surface area contributed by atoms with Crippen LogP contribution >= 0.6 is 0 Å². The highest BCUT2D eigenvalue weighted by atomic mass is 16.5. The Morgan fingerprint density at radius 1 is 1.09 bits per heavy atom. The number of benzene rings is 2. The fourth-order valence-corrected chi connectivity index (χ4v) is 7.10. The van der Waals surface area contributed by atoms with Crippen LogP contribution in [0.25, 0.3) is 11.6 Å². The summed E-state index contributed by atoms with van der Waals surface area (Å²) >= 11 is 0. The second kappa shape index (κ2) is 11.1. The summed E-state index contributed by atoms with van der Waals surface area (Å²) in [6.07, 6.45) is 0.935. The van der Waals surface area contributed by atoms with E-state index in [1.165, 1.54) is 0 Å². The molecule has 4 atom stereocenters. The Hall–Kier alpha value is -4.97. The van der Waals surface area contributed by atoms with Crippen molar-refractivity contribution in [2.24, 2.45) is 11.8 Å². The normalized spacial score (nSPS) is 22.8. The number of nitrogens with one attached hydrogen (secondary N) is 2. The highest BCUT2D eigenvalue weighted by Crippen LogP contribution is 2.59. The third-order valence-electron chi connectivity index (χ3n) is 9.88. The Kier molecular flexibility index (Phi) is 7.23. The van der Waals surface area contributed by atoms with E-state index in [9.17, 15) is 24.6 Å². The fourth-order valence-electron chi connectivity index (χ4n) is 7.10. The number of oxazole rings is 2. The van der Waals surface area contributed by atoms with Crippen LogP contribution in [0.5, 0.6) is 5.75 Å². The monoisotopic (exact) mass is 640 g/mol. The number of aromatic nitrogens is 2. The Balaban J connectivity index is 1.48. The van der Waals surface area contributed by atoms with Gasteiger partial charge in [0.05, 0.1) is 0 Å². The summed E-state index contributed by atoms with van der Waals surface area (Å²) in [6.45, 7) is 7.33. The number of amides is 1. The highest BCUT2D eigenvalue weighted by Gasteiger charge is 2.61. The molecule has 4 N–H and O–H groups in total. The van der Waals surface area contributed by atoms with Crippen LogP contribution in [-0.2, 0) is 21.4 Å². The van der Waals surface area contributed by atoms with Gasteiger partial charge in [0.15, 0.2) is 29.2 Å². The van der Waals surface area contributed by atoms with Crippen LogP contribution in [0.2, 0.25) is 0 Å². The number of anilines is 1. The lowest BCUT2D eigenvalue weighted by molar-refractivity contribution is -0.141. The Bertz CT molecular complexity index is 1910. The molecule has 3 aliphatic rings. The van der Waals surface area contributed by atoms with E-state index in [4.69, 9.17) is 18.6 Å². The van der Waals surface area contributed by atoms with E-state index in [-0.39, 0.29) is 66.5 Å². The summed E-state index contributed by atoms with van der Waals surface area (Å²) in [4.78, 5) is 48.4. The molecule has 12 heteroatoms. The number of rotatable bonds is 8. The number of nitrogens with zero attached hydrogens (tertiary/aromatic N) is 2. The lowest BCUT2D eigenvalue weighted by Gasteiger charge is -2.29. The first-order chi connectivity index (χ1) is 22.5. The van der Waals surface area contributed by atoms with Gasteiger partial charge in [0.1, 0.15) is 29.1 Å². The molecule has 4 bridgehead atoms. The van der Waals surface area contributed by atoms with Gasteiger partial charge < -0.3 is 34.4 Å². The fraction of sp³-hybridized carbons (Fsp3) is 0.400. The number of ketones is 1. The topological polar surface area (TPSA) is 177 Å². The number of fused-ring (bicyclic) bond motifs is 4. The molecular formula is C35H36N4O8. The molecule has 2 aromatic carbocycles. The van der Waals surface area contributed by atoms with E-state index in [1.807, 2.05) is 56.3 Å². The summed E-state index contributed by atoms with van der Waals surface area (Å²) in [5, 5.41) is 27.2. The number of para-hydroxylation sites is 1. The molecule has 47 heavy (non-hydrogen) atoms. The molecule has 0 radical (unpaired) electrons. The van der Waals surface area contributed by atoms with Crippen LogP contribution in [0, 0.1) is 11.8 Å². The molecule has 3 aliphatic heterocycles. The Morgan fingerprint density at radius 2 is 1.85 bits per heavy atom. The van der Waals surface area contributed by atoms with Gasteiger partial charge in [0.25, 0.3) is 0 Å². The molecule has 2 aromatic heterocycles. The standard InChI is InChI=1S/C35H36N4O8/c1-5-34(44,6-2)25(40)15-19-13-18-11-12-24-21(14-18)35(20-9-7-8-10-22(20)37-33(35)46-24)28-27(30-36-23(16-45-30)32(42)43)39-31(47-28)26(17(3)4)38-29(19)41/h7-12,14,16-17,19,26,33,37,44H,5-6,13,15H2,1-4H3,(H,38,41)(H,42,43)/t19-,26+,33+,35?/m1/s1. The average molecular weight is 641 g/mol. The smallest absolute Gasteiger partial charge is 0.357 e. The maximum Gasteiger partial charge on any atom is 0.357 e. The molecule has 0 aliphatic carbocycles. The SMILES string of the molecule is CCC(O)(CC)C(=O)C[C@H]1Cc2ccc3c(c2)C2(c4ccccc4N[C@H]2O3)c2oc(nc2-c2nc(C(=O)O)co2)[C@H](C(C)C)NC1=O.